The zero-order valence-electron chi connectivity index (χ0n) is 7.57. The Labute approximate surface area is 65.0 Å². The standard InChI is InChI=1S/C8H12.C2H6/c1-5-7(3)8(4)6-2;1-2/h5-6H,1-2H2,3-4H3;1-2H3/b8-7-;. The smallest absolute Gasteiger partial charge is 0.0395 e. The fourth-order valence-electron chi connectivity index (χ4n) is 0.322. The second-order valence-electron chi connectivity index (χ2n) is 1.77. The van der Waals surface area contributed by atoms with Crippen molar-refractivity contribution in [3.63, 3.8) is 0 Å². The lowest BCUT2D eigenvalue weighted by molar-refractivity contribution is 1.39. The van der Waals surface area contributed by atoms with Crippen molar-refractivity contribution in [3.8, 4) is 0 Å². The Morgan fingerprint density at radius 2 is 1.10 bits per heavy atom. The summed E-state index contributed by atoms with van der Waals surface area (Å²) in [5, 5.41) is 0. The van der Waals surface area contributed by atoms with Crippen molar-refractivity contribution < 1.29 is 0 Å². The Kier molecular flexibility index (Phi) is 9.82. The average molecular weight is 138 g/mol. The molecule has 0 rings (SSSR count). The molecule has 0 aliphatic rings. The summed E-state index contributed by atoms with van der Waals surface area (Å²) in [7, 11) is 0. The molecule has 0 heterocycles. The van der Waals surface area contributed by atoms with Gasteiger partial charge in [-0.15, -0.1) is 0 Å². The van der Waals surface area contributed by atoms with E-state index in [9.17, 15) is 0 Å². The van der Waals surface area contributed by atoms with Crippen LogP contribution in [-0.4, -0.2) is 0 Å². The van der Waals surface area contributed by atoms with Gasteiger partial charge in [-0.25, -0.2) is 0 Å². The molecule has 58 valence electrons. The summed E-state index contributed by atoms with van der Waals surface area (Å²) in [5.74, 6) is 0. The molecule has 0 saturated heterocycles. The molecular weight excluding hydrogens is 120 g/mol. The van der Waals surface area contributed by atoms with Crippen LogP contribution < -0.4 is 0 Å². The van der Waals surface area contributed by atoms with Crippen LogP contribution >= 0.6 is 0 Å². The maximum Gasteiger partial charge on any atom is -0.0395 e. The average Bonchev–Trinajstić information content (AvgIpc) is 2.05. The first-order valence-electron chi connectivity index (χ1n) is 3.64. The quantitative estimate of drug-likeness (QED) is 0.510. The van der Waals surface area contributed by atoms with E-state index >= 15 is 0 Å². The first-order valence-corrected chi connectivity index (χ1v) is 3.64. The van der Waals surface area contributed by atoms with Gasteiger partial charge in [0, 0.05) is 0 Å². The van der Waals surface area contributed by atoms with Gasteiger partial charge in [-0.05, 0) is 25.0 Å². The second kappa shape index (κ2) is 8.22. The first-order chi connectivity index (χ1) is 4.72. The summed E-state index contributed by atoms with van der Waals surface area (Å²) < 4.78 is 0. The third kappa shape index (κ3) is 5.36. The summed E-state index contributed by atoms with van der Waals surface area (Å²) in [4.78, 5) is 0. The number of allylic oxidation sites excluding steroid dienone is 4. The van der Waals surface area contributed by atoms with Crippen molar-refractivity contribution in [1.29, 1.82) is 0 Å². The SMILES string of the molecule is C=C/C(C)=C(/C)C=C.CC. The zero-order valence-corrected chi connectivity index (χ0v) is 7.57. The highest BCUT2D eigenvalue weighted by Gasteiger charge is 1.82. The fourth-order valence-corrected chi connectivity index (χ4v) is 0.322. The molecule has 0 aliphatic heterocycles. The molecule has 0 nitrogen and oxygen atoms in total. The van der Waals surface area contributed by atoms with Gasteiger partial charge >= 0.3 is 0 Å². The zero-order chi connectivity index (χ0) is 8.57. The highest BCUT2D eigenvalue weighted by atomic mass is 13.9. The van der Waals surface area contributed by atoms with Crippen molar-refractivity contribution in [2.45, 2.75) is 27.7 Å². The summed E-state index contributed by atoms with van der Waals surface area (Å²) in [6.45, 7) is 15.3. The van der Waals surface area contributed by atoms with Crippen molar-refractivity contribution in [1.82, 2.24) is 0 Å². The third-order valence-electron chi connectivity index (χ3n) is 1.23. The minimum Gasteiger partial charge on any atom is -0.0988 e. The molecule has 0 aromatic rings. The number of hydrogen-bond donors (Lipinski definition) is 0. The molecular formula is C10H18. The Bertz CT molecular complexity index is 111. The lowest BCUT2D eigenvalue weighted by atomic mass is 10.1. The maximum atomic E-state index is 3.62. The summed E-state index contributed by atoms with van der Waals surface area (Å²) in [6.07, 6.45) is 3.66. The molecule has 10 heavy (non-hydrogen) atoms. The minimum atomic E-state index is 1.19. The van der Waals surface area contributed by atoms with E-state index in [1.54, 1.807) is 0 Å². The predicted molar refractivity (Wildman–Crippen MR) is 50.1 cm³/mol. The predicted octanol–water partition coefficient (Wildman–Crippen LogP) is 3.72. The molecule has 0 heteroatoms. The van der Waals surface area contributed by atoms with E-state index in [4.69, 9.17) is 0 Å². The van der Waals surface area contributed by atoms with Gasteiger partial charge in [0.05, 0.1) is 0 Å². The second-order valence-corrected chi connectivity index (χ2v) is 1.77. The van der Waals surface area contributed by atoms with E-state index in [2.05, 4.69) is 13.2 Å². The molecule has 0 aromatic carbocycles. The highest BCUT2D eigenvalue weighted by Crippen LogP contribution is 2.02. The first kappa shape index (κ1) is 12.0. The van der Waals surface area contributed by atoms with Crippen LogP contribution in [-0.2, 0) is 0 Å². The molecule has 0 spiro atoms. The van der Waals surface area contributed by atoms with Crippen LogP contribution in [0.1, 0.15) is 27.7 Å². The van der Waals surface area contributed by atoms with E-state index in [1.807, 2.05) is 39.8 Å². The van der Waals surface area contributed by atoms with Gasteiger partial charge in [0.2, 0.25) is 0 Å². The van der Waals surface area contributed by atoms with Gasteiger partial charge in [0.15, 0.2) is 0 Å². The highest BCUT2D eigenvalue weighted by molar-refractivity contribution is 5.27. The van der Waals surface area contributed by atoms with Crippen LogP contribution in [0.3, 0.4) is 0 Å². The Morgan fingerprint density at radius 3 is 1.20 bits per heavy atom. The van der Waals surface area contributed by atoms with Gasteiger partial charge in [0.1, 0.15) is 0 Å². The topological polar surface area (TPSA) is 0 Å². The summed E-state index contributed by atoms with van der Waals surface area (Å²) >= 11 is 0. The number of hydrogen-bond acceptors (Lipinski definition) is 0. The Hall–Kier alpha value is -0.780. The van der Waals surface area contributed by atoms with Gasteiger partial charge in [-0.2, -0.15) is 0 Å². The number of rotatable bonds is 2. The van der Waals surface area contributed by atoms with Crippen molar-refractivity contribution in [2.24, 2.45) is 0 Å². The van der Waals surface area contributed by atoms with Crippen LogP contribution in [0.5, 0.6) is 0 Å². The van der Waals surface area contributed by atoms with Crippen LogP contribution in [0.4, 0.5) is 0 Å². The lowest BCUT2D eigenvalue weighted by Crippen LogP contribution is -1.71. The van der Waals surface area contributed by atoms with Gasteiger partial charge < -0.3 is 0 Å². The van der Waals surface area contributed by atoms with Gasteiger partial charge in [-0.3, -0.25) is 0 Å². The normalized spacial score (nSPS) is 10.4. The third-order valence-corrected chi connectivity index (χ3v) is 1.23. The molecule has 0 bridgehead atoms. The molecule has 0 aromatic heterocycles. The fraction of sp³-hybridized carbons (Fsp3) is 0.400. The Balaban J connectivity index is 0. The van der Waals surface area contributed by atoms with E-state index in [-0.39, 0.29) is 0 Å². The molecule has 0 N–H and O–H groups in total. The summed E-state index contributed by atoms with van der Waals surface area (Å²) in [5.41, 5.74) is 2.39. The van der Waals surface area contributed by atoms with E-state index in [0.717, 1.165) is 0 Å². The van der Waals surface area contributed by atoms with Crippen LogP contribution in [0.2, 0.25) is 0 Å². The van der Waals surface area contributed by atoms with Crippen molar-refractivity contribution in [3.05, 3.63) is 36.5 Å². The Morgan fingerprint density at radius 1 is 0.900 bits per heavy atom. The maximum absolute atomic E-state index is 3.62. The largest absolute Gasteiger partial charge is 0.0988 e. The van der Waals surface area contributed by atoms with E-state index < -0.39 is 0 Å². The van der Waals surface area contributed by atoms with Gasteiger partial charge in [0.25, 0.3) is 0 Å². The lowest BCUT2D eigenvalue weighted by Gasteiger charge is -1.92. The van der Waals surface area contributed by atoms with E-state index in [1.165, 1.54) is 11.1 Å². The van der Waals surface area contributed by atoms with Crippen LogP contribution in [0.15, 0.2) is 36.5 Å². The summed E-state index contributed by atoms with van der Waals surface area (Å²) in [6, 6.07) is 0. The molecule has 0 aliphatic carbocycles. The minimum absolute atomic E-state index is 1.19. The van der Waals surface area contributed by atoms with Crippen molar-refractivity contribution in [2.75, 3.05) is 0 Å². The molecule has 0 fully saturated rings. The monoisotopic (exact) mass is 138 g/mol. The molecule has 0 atom stereocenters. The molecule has 0 amide bonds. The van der Waals surface area contributed by atoms with Crippen molar-refractivity contribution >= 4 is 0 Å². The van der Waals surface area contributed by atoms with Crippen LogP contribution in [0.25, 0.3) is 0 Å². The molecule has 0 saturated carbocycles. The van der Waals surface area contributed by atoms with Crippen LogP contribution in [0, 0.1) is 0 Å². The molecule has 0 unspecified atom stereocenters. The van der Waals surface area contributed by atoms with Gasteiger partial charge in [-0.1, -0.05) is 39.2 Å². The van der Waals surface area contributed by atoms with E-state index in [0.29, 0.717) is 0 Å². The molecule has 0 radical (unpaired) electrons.